The molecule has 1 fully saturated rings. The van der Waals surface area contributed by atoms with E-state index >= 15 is 0 Å². The summed E-state index contributed by atoms with van der Waals surface area (Å²) in [5.41, 5.74) is 1.000. The highest BCUT2D eigenvalue weighted by Crippen LogP contribution is 2.17. The number of aromatic nitrogens is 2. The van der Waals surface area contributed by atoms with Crippen LogP contribution in [0.25, 0.3) is 0 Å². The zero-order valence-electron chi connectivity index (χ0n) is 7.24. The Morgan fingerprint density at radius 1 is 1.46 bits per heavy atom. The van der Waals surface area contributed by atoms with Gasteiger partial charge < -0.3 is 4.74 Å². The number of halogens is 1. The average molecular weight is 199 g/mol. The van der Waals surface area contributed by atoms with Crippen molar-refractivity contribution >= 4 is 11.6 Å². The van der Waals surface area contributed by atoms with Crippen molar-refractivity contribution in [2.45, 2.75) is 12.8 Å². The zero-order chi connectivity index (χ0) is 9.10. The van der Waals surface area contributed by atoms with Crippen molar-refractivity contribution in [3.63, 3.8) is 0 Å². The minimum Gasteiger partial charge on any atom is -0.381 e. The van der Waals surface area contributed by atoms with E-state index in [0.717, 1.165) is 31.7 Å². The Labute approximate surface area is 82.1 Å². The van der Waals surface area contributed by atoms with E-state index in [1.165, 1.54) is 0 Å². The predicted molar refractivity (Wildman–Crippen MR) is 49.7 cm³/mol. The molecule has 0 bridgehead atoms. The molecule has 1 aromatic rings. The summed E-state index contributed by atoms with van der Waals surface area (Å²) in [5.74, 6) is 0.607. The molecule has 3 nitrogen and oxygen atoms in total. The van der Waals surface area contributed by atoms with Gasteiger partial charge in [0.2, 0.25) is 0 Å². The van der Waals surface area contributed by atoms with Gasteiger partial charge in [0.15, 0.2) is 5.15 Å². The van der Waals surface area contributed by atoms with Gasteiger partial charge in [-0.3, -0.25) is 0 Å². The Balaban J connectivity index is 1.97. The molecule has 2 heterocycles. The summed E-state index contributed by atoms with van der Waals surface area (Å²) >= 11 is 5.63. The highest BCUT2D eigenvalue weighted by atomic mass is 35.5. The lowest BCUT2D eigenvalue weighted by Crippen LogP contribution is -2.05. The summed E-state index contributed by atoms with van der Waals surface area (Å²) in [4.78, 5) is 0. The monoisotopic (exact) mass is 198 g/mol. The Morgan fingerprint density at radius 2 is 2.38 bits per heavy atom. The summed E-state index contributed by atoms with van der Waals surface area (Å²) in [7, 11) is 0. The van der Waals surface area contributed by atoms with E-state index in [1.807, 2.05) is 6.07 Å². The van der Waals surface area contributed by atoms with Gasteiger partial charge in [0, 0.05) is 13.2 Å². The summed E-state index contributed by atoms with van der Waals surface area (Å²) in [5, 5.41) is 8.25. The lowest BCUT2D eigenvalue weighted by molar-refractivity contribution is 0.185. The fourth-order valence-corrected chi connectivity index (χ4v) is 1.59. The van der Waals surface area contributed by atoms with Crippen LogP contribution in [0, 0.1) is 5.92 Å². The second-order valence-electron chi connectivity index (χ2n) is 3.28. The van der Waals surface area contributed by atoms with E-state index < -0.39 is 0 Å². The molecule has 0 radical (unpaired) electrons. The van der Waals surface area contributed by atoms with Gasteiger partial charge in [0.1, 0.15) is 0 Å². The van der Waals surface area contributed by atoms with E-state index in [2.05, 4.69) is 10.2 Å². The lowest BCUT2D eigenvalue weighted by Gasteiger charge is -2.04. The topological polar surface area (TPSA) is 35.0 Å². The van der Waals surface area contributed by atoms with Gasteiger partial charge in [0.25, 0.3) is 0 Å². The van der Waals surface area contributed by atoms with E-state index in [9.17, 15) is 0 Å². The van der Waals surface area contributed by atoms with E-state index in [4.69, 9.17) is 16.3 Å². The van der Waals surface area contributed by atoms with Gasteiger partial charge >= 0.3 is 0 Å². The van der Waals surface area contributed by atoms with Crippen LogP contribution in [0.15, 0.2) is 12.1 Å². The predicted octanol–water partition coefficient (Wildman–Crippen LogP) is 1.71. The summed E-state index contributed by atoms with van der Waals surface area (Å²) in [6, 6.07) is 3.70. The molecule has 13 heavy (non-hydrogen) atoms. The zero-order valence-corrected chi connectivity index (χ0v) is 8.00. The van der Waals surface area contributed by atoms with Crippen molar-refractivity contribution in [3.8, 4) is 0 Å². The van der Waals surface area contributed by atoms with E-state index in [0.29, 0.717) is 11.1 Å². The van der Waals surface area contributed by atoms with Crippen LogP contribution < -0.4 is 0 Å². The maximum Gasteiger partial charge on any atom is 0.151 e. The lowest BCUT2D eigenvalue weighted by atomic mass is 10.0. The second kappa shape index (κ2) is 4.03. The van der Waals surface area contributed by atoms with Crippen LogP contribution in [0.5, 0.6) is 0 Å². The van der Waals surface area contributed by atoms with Gasteiger partial charge in [-0.15, -0.1) is 5.10 Å². The molecular formula is C9H11ClN2O. The number of rotatable bonds is 2. The van der Waals surface area contributed by atoms with Gasteiger partial charge in [-0.1, -0.05) is 11.6 Å². The highest BCUT2D eigenvalue weighted by Gasteiger charge is 2.16. The minimum absolute atomic E-state index is 0.450. The number of ether oxygens (including phenoxy) is 1. The van der Waals surface area contributed by atoms with Crippen molar-refractivity contribution in [3.05, 3.63) is 23.0 Å². The Kier molecular flexibility index (Phi) is 2.76. The maximum absolute atomic E-state index is 5.63. The molecular weight excluding hydrogens is 188 g/mol. The molecule has 1 unspecified atom stereocenters. The third-order valence-electron chi connectivity index (χ3n) is 2.21. The highest BCUT2D eigenvalue weighted by molar-refractivity contribution is 6.29. The molecule has 4 heteroatoms. The molecule has 0 N–H and O–H groups in total. The molecule has 0 aromatic carbocycles. The molecule has 0 saturated carbocycles. The van der Waals surface area contributed by atoms with E-state index in [-0.39, 0.29) is 0 Å². The minimum atomic E-state index is 0.450. The first-order chi connectivity index (χ1) is 6.34. The third kappa shape index (κ3) is 2.39. The Hall–Kier alpha value is -0.670. The smallest absolute Gasteiger partial charge is 0.151 e. The van der Waals surface area contributed by atoms with Gasteiger partial charge in [-0.25, -0.2) is 0 Å². The van der Waals surface area contributed by atoms with Crippen molar-refractivity contribution in [2.75, 3.05) is 13.2 Å². The summed E-state index contributed by atoms with van der Waals surface area (Å²) in [6.07, 6.45) is 2.08. The quantitative estimate of drug-likeness (QED) is 0.726. The van der Waals surface area contributed by atoms with Crippen LogP contribution in [0.2, 0.25) is 5.15 Å². The molecule has 1 aromatic heterocycles. The van der Waals surface area contributed by atoms with Crippen LogP contribution in [-0.4, -0.2) is 23.4 Å². The third-order valence-corrected chi connectivity index (χ3v) is 2.41. The SMILES string of the molecule is Clc1ccc(CC2CCOC2)nn1. The molecule has 70 valence electrons. The molecule has 2 rings (SSSR count). The average Bonchev–Trinajstić information content (AvgIpc) is 2.62. The maximum atomic E-state index is 5.63. The summed E-state index contributed by atoms with van der Waals surface area (Å²) in [6.45, 7) is 1.73. The number of nitrogens with zero attached hydrogens (tertiary/aromatic N) is 2. The largest absolute Gasteiger partial charge is 0.381 e. The van der Waals surface area contributed by atoms with Gasteiger partial charge in [-0.05, 0) is 30.9 Å². The van der Waals surface area contributed by atoms with Crippen molar-refractivity contribution in [2.24, 2.45) is 5.92 Å². The first kappa shape index (κ1) is 8.91. The van der Waals surface area contributed by atoms with Crippen molar-refractivity contribution < 1.29 is 4.74 Å². The summed E-state index contributed by atoms with van der Waals surface area (Å²) < 4.78 is 5.28. The van der Waals surface area contributed by atoms with E-state index in [1.54, 1.807) is 6.07 Å². The molecule has 1 atom stereocenters. The fourth-order valence-electron chi connectivity index (χ4n) is 1.49. The molecule has 1 saturated heterocycles. The molecule has 1 aliphatic heterocycles. The first-order valence-electron chi connectivity index (χ1n) is 4.40. The Bertz CT molecular complexity index is 269. The number of hydrogen-bond acceptors (Lipinski definition) is 3. The Morgan fingerprint density at radius 3 is 3.00 bits per heavy atom. The van der Waals surface area contributed by atoms with Crippen LogP contribution in [0.3, 0.4) is 0 Å². The molecule has 0 aliphatic carbocycles. The standard InChI is InChI=1S/C9H11ClN2O/c10-9-2-1-8(11-12-9)5-7-3-4-13-6-7/h1-2,7H,3-6H2. The van der Waals surface area contributed by atoms with Crippen molar-refractivity contribution in [1.82, 2.24) is 10.2 Å². The molecule has 0 spiro atoms. The van der Waals surface area contributed by atoms with Crippen LogP contribution in [-0.2, 0) is 11.2 Å². The fraction of sp³-hybridized carbons (Fsp3) is 0.556. The molecule has 0 amide bonds. The van der Waals surface area contributed by atoms with Crippen molar-refractivity contribution in [1.29, 1.82) is 0 Å². The van der Waals surface area contributed by atoms with Crippen LogP contribution >= 0.6 is 11.6 Å². The van der Waals surface area contributed by atoms with Gasteiger partial charge in [0.05, 0.1) is 5.69 Å². The van der Waals surface area contributed by atoms with Crippen LogP contribution in [0.4, 0.5) is 0 Å². The van der Waals surface area contributed by atoms with Gasteiger partial charge in [-0.2, -0.15) is 5.10 Å². The van der Waals surface area contributed by atoms with Crippen LogP contribution in [0.1, 0.15) is 12.1 Å². The molecule has 1 aliphatic rings. The first-order valence-corrected chi connectivity index (χ1v) is 4.78. The normalized spacial score (nSPS) is 22.1. The number of hydrogen-bond donors (Lipinski definition) is 0. The second-order valence-corrected chi connectivity index (χ2v) is 3.67.